The van der Waals surface area contributed by atoms with Crippen LogP contribution in [0, 0.1) is 0 Å². The Morgan fingerprint density at radius 2 is 1.21 bits per heavy atom. The molecule has 0 aliphatic carbocycles. The van der Waals surface area contributed by atoms with Gasteiger partial charge in [0.25, 0.3) is 0 Å². The quantitative estimate of drug-likeness (QED) is 0.364. The first-order valence-electron chi connectivity index (χ1n) is 10.8. The number of benzene rings is 3. The number of hydrogen-bond donors (Lipinski definition) is 3. The third kappa shape index (κ3) is 8.66. The number of unbranched alkanes of at least 4 members (excludes halogenated alkanes) is 1. The van der Waals surface area contributed by atoms with E-state index in [4.69, 9.17) is 14.6 Å². The fourth-order valence-corrected chi connectivity index (χ4v) is 3.06. The molecular formula is C26H28N2O5. The van der Waals surface area contributed by atoms with Gasteiger partial charge in [-0.25, -0.2) is 9.59 Å². The first kappa shape index (κ1) is 23.8. The minimum atomic E-state index is -0.508. The minimum Gasteiger partial charge on any atom is -0.449 e. The lowest BCUT2D eigenvalue weighted by molar-refractivity contribution is 0.154. The Labute approximate surface area is 193 Å². The Morgan fingerprint density at radius 1 is 0.667 bits per heavy atom. The summed E-state index contributed by atoms with van der Waals surface area (Å²) in [5.41, 5.74) is 4.41. The van der Waals surface area contributed by atoms with Crippen molar-refractivity contribution in [2.45, 2.75) is 25.9 Å². The second-order valence-electron chi connectivity index (χ2n) is 7.45. The zero-order chi connectivity index (χ0) is 23.3. The molecule has 0 radical (unpaired) electrons. The van der Waals surface area contributed by atoms with E-state index >= 15 is 0 Å². The summed E-state index contributed by atoms with van der Waals surface area (Å²) in [5, 5.41) is 14.1. The molecule has 3 rings (SSSR count). The van der Waals surface area contributed by atoms with Gasteiger partial charge in [-0.3, -0.25) is 10.6 Å². The average molecular weight is 449 g/mol. The minimum absolute atomic E-state index is 0.0903. The van der Waals surface area contributed by atoms with Crippen LogP contribution < -0.4 is 10.6 Å². The molecule has 2 amide bonds. The molecule has 0 spiro atoms. The molecular weight excluding hydrogens is 420 g/mol. The lowest BCUT2D eigenvalue weighted by Gasteiger charge is -2.09. The first-order valence-corrected chi connectivity index (χ1v) is 10.8. The van der Waals surface area contributed by atoms with E-state index in [1.54, 1.807) is 0 Å². The molecule has 0 saturated heterocycles. The molecule has 0 aromatic heterocycles. The van der Waals surface area contributed by atoms with Crippen molar-refractivity contribution in [2.24, 2.45) is 0 Å². The second-order valence-corrected chi connectivity index (χ2v) is 7.45. The van der Waals surface area contributed by atoms with Crippen LogP contribution in [0.2, 0.25) is 0 Å². The van der Waals surface area contributed by atoms with Crippen LogP contribution in [-0.4, -0.2) is 30.5 Å². The van der Waals surface area contributed by atoms with Gasteiger partial charge in [-0.1, -0.05) is 54.6 Å². The largest absolute Gasteiger partial charge is 0.449 e. The summed E-state index contributed by atoms with van der Waals surface area (Å²) in [6.07, 6.45) is 0.946. The third-order valence-corrected chi connectivity index (χ3v) is 4.81. The molecule has 33 heavy (non-hydrogen) atoms. The van der Waals surface area contributed by atoms with E-state index in [0.717, 1.165) is 16.7 Å². The van der Waals surface area contributed by atoms with Crippen LogP contribution >= 0.6 is 0 Å². The molecule has 0 bridgehead atoms. The zero-order valence-corrected chi connectivity index (χ0v) is 18.3. The van der Waals surface area contributed by atoms with Crippen molar-refractivity contribution in [1.82, 2.24) is 0 Å². The van der Waals surface area contributed by atoms with E-state index in [-0.39, 0.29) is 19.8 Å². The van der Waals surface area contributed by atoms with Crippen molar-refractivity contribution in [3.05, 3.63) is 95.6 Å². The van der Waals surface area contributed by atoms with Crippen molar-refractivity contribution in [1.29, 1.82) is 0 Å². The van der Waals surface area contributed by atoms with Crippen molar-refractivity contribution in [2.75, 3.05) is 23.8 Å². The van der Waals surface area contributed by atoms with Gasteiger partial charge in [0.2, 0.25) is 0 Å². The van der Waals surface area contributed by atoms with Crippen molar-refractivity contribution in [3.63, 3.8) is 0 Å². The van der Waals surface area contributed by atoms with E-state index < -0.39 is 12.2 Å². The van der Waals surface area contributed by atoms with E-state index in [0.29, 0.717) is 30.6 Å². The summed E-state index contributed by atoms with van der Waals surface area (Å²) in [6.45, 7) is 0.587. The first-order chi connectivity index (χ1) is 16.1. The predicted octanol–water partition coefficient (Wildman–Crippen LogP) is 5.35. The highest BCUT2D eigenvalue weighted by Gasteiger charge is 2.06. The number of aliphatic hydroxyl groups is 1. The lowest BCUT2D eigenvalue weighted by Crippen LogP contribution is -2.14. The van der Waals surface area contributed by atoms with Crippen LogP contribution in [0.15, 0.2) is 78.9 Å². The van der Waals surface area contributed by atoms with E-state index in [1.165, 1.54) is 0 Å². The van der Waals surface area contributed by atoms with Gasteiger partial charge < -0.3 is 14.6 Å². The summed E-state index contributed by atoms with van der Waals surface area (Å²) >= 11 is 0. The Bertz CT molecular complexity index is 1010. The summed E-state index contributed by atoms with van der Waals surface area (Å²) < 4.78 is 10.3. The molecule has 3 N–H and O–H groups in total. The zero-order valence-electron chi connectivity index (χ0n) is 18.3. The molecule has 0 fully saturated rings. The fourth-order valence-electron chi connectivity index (χ4n) is 3.06. The lowest BCUT2D eigenvalue weighted by atomic mass is 10.0. The molecule has 0 heterocycles. The Balaban J connectivity index is 1.42. The number of rotatable bonds is 10. The van der Waals surface area contributed by atoms with Crippen LogP contribution in [0.5, 0.6) is 0 Å². The number of hydrogen-bond acceptors (Lipinski definition) is 5. The van der Waals surface area contributed by atoms with Gasteiger partial charge >= 0.3 is 12.2 Å². The van der Waals surface area contributed by atoms with Gasteiger partial charge in [-0.15, -0.1) is 0 Å². The molecule has 7 nitrogen and oxygen atoms in total. The monoisotopic (exact) mass is 448 g/mol. The molecule has 0 aliphatic rings. The van der Waals surface area contributed by atoms with E-state index in [1.807, 2.05) is 78.9 Å². The average Bonchev–Trinajstić information content (AvgIpc) is 2.84. The van der Waals surface area contributed by atoms with Gasteiger partial charge in [0, 0.05) is 18.0 Å². The standard InChI is InChI=1S/C26H28N2O5/c29-16-4-5-17-32-25(30)27-23-12-8-20(9-13-23)18-21-10-14-24(15-11-21)28-26(31)33-19-22-6-2-1-3-7-22/h1-3,6-15,29H,4-5,16-19H2,(H,27,30)(H,28,31). The second kappa shape index (κ2) is 12.9. The molecule has 7 heteroatoms. The maximum absolute atomic E-state index is 12.0. The molecule has 172 valence electrons. The normalized spacial score (nSPS) is 10.3. The molecule has 0 atom stereocenters. The van der Waals surface area contributed by atoms with Crippen LogP contribution in [0.1, 0.15) is 29.5 Å². The van der Waals surface area contributed by atoms with Crippen LogP contribution in [0.3, 0.4) is 0 Å². The number of anilines is 2. The molecule has 0 aliphatic heterocycles. The molecule has 3 aromatic rings. The summed E-state index contributed by atoms with van der Waals surface area (Å²) in [5.74, 6) is 0. The van der Waals surface area contributed by atoms with Crippen molar-refractivity contribution >= 4 is 23.6 Å². The van der Waals surface area contributed by atoms with Crippen LogP contribution in [0.25, 0.3) is 0 Å². The van der Waals surface area contributed by atoms with Gasteiger partial charge in [-0.05, 0) is 60.2 Å². The summed E-state index contributed by atoms with van der Waals surface area (Å²) in [4.78, 5) is 23.7. The van der Waals surface area contributed by atoms with Gasteiger partial charge in [0.15, 0.2) is 0 Å². The highest BCUT2D eigenvalue weighted by atomic mass is 16.6. The molecule has 0 saturated carbocycles. The Kier molecular flexibility index (Phi) is 9.29. The SMILES string of the molecule is O=C(Nc1ccc(Cc2ccc(NC(=O)OCc3ccccc3)cc2)cc1)OCCCCO. The van der Waals surface area contributed by atoms with Crippen molar-refractivity contribution in [3.8, 4) is 0 Å². The number of aliphatic hydroxyl groups excluding tert-OH is 1. The highest BCUT2D eigenvalue weighted by Crippen LogP contribution is 2.16. The fraction of sp³-hybridized carbons (Fsp3) is 0.231. The number of amides is 2. The molecule has 3 aromatic carbocycles. The molecule has 0 unspecified atom stereocenters. The van der Waals surface area contributed by atoms with Crippen molar-refractivity contribution < 1.29 is 24.2 Å². The third-order valence-electron chi connectivity index (χ3n) is 4.81. The Morgan fingerprint density at radius 3 is 1.76 bits per heavy atom. The topological polar surface area (TPSA) is 96.9 Å². The highest BCUT2D eigenvalue weighted by molar-refractivity contribution is 5.85. The number of carbonyl (C=O) groups excluding carboxylic acids is 2. The maximum atomic E-state index is 12.0. The van der Waals surface area contributed by atoms with Crippen LogP contribution in [-0.2, 0) is 22.5 Å². The van der Waals surface area contributed by atoms with E-state index in [2.05, 4.69) is 10.6 Å². The van der Waals surface area contributed by atoms with Gasteiger partial charge in [0.05, 0.1) is 6.61 Å². The summed E-state index contributed by atoms with van der Waals surface area (Å²) in [7, 11) is 0. The van der Waals surface area contributed by atoms with Crippen LogP contribution in [0.4, 0.5) is 21.0 Å². The number of ether oxygens (including phenoxy) is 2. The van der Waals surface area contributed by atoms with Gasteiger partial charge in [-0.2, -0.15) is 0 Å². The maximum Gasteiger partial charge on any atom is 0.411 e. The summed E-state index contributed by atoms with van der Waals surface area (Å²) in [6, 6.07) is 24.6. The predicted molar refractivity (Wildman–Crippen MR) is 127 cm³/mol. The van der Waals surface area contributed by atoms with Gasteiger partial charge in [0.1, 0.15) is 6.61 Å². The van der Waals surface area contributed by atoms with E-state index in [9.17, 15) is 9.59 Å². The number of carbonyl (C=O) groups is 2. The smallest absolute Gasteiger partial charge is 0.411 e. The Hall–Kier alpha value is -3.84. The number of nitrogens with one attached hydrogen (secondary N) is 2.